The van der Waals surface area contributed by atoms with Crippen LogP contribution in [0.15, 0.2) is 0 Å². The smallest absolute Gasteiger partial charge is 0.244 e. The Morgan fingerprint density at radius 1 is 1.65 bits per heavy atom. The van der Waals surface area contributed by atoms with Crippen LogP contribution in [0.4, 0.5) is 5.95 Å². The minimum atomic E-state index is -0.0497. The third-order valence-corrected chi connectivity index (χ3v) is 3.36. The van der Waals surface area contributed by atoms with Crippen molar-refractivity contribution in [3.8, 4) is 0 Å². The van der Waals surface area contributed by atoms with Gasteiger partial charge >= 0.3 is 0 Å². The molecule has 1 aliphatic heterocycles. The summed E-state index contributed by atoms with van der Waals surface area (Å²) in [4.78, 5) is 6.66. The van der Waals surface area contributed by atoms with E-state index in [1.54, 1.807) is 7.11 Å². The molecule has 0 bridgehead atoms. The zero-order valence-corrected chi connectivity index (χ0v) is 10.5. The number of methoxy groups -OCH3 is 1. The van der Waals surface area contributed by atoms with Crippen LogP contribution in [0, 0.1) is 5.92 Å². The van der Waals surface area contributed by atoms with E-state index in [2.05, 4.69) is 20.1 Å². The Hall–Kier alpha value is -1.14. The Kier molecular flexibility index (Phi) is 3.96. The highest BCUT2D eigenvalue weighted by Gasteiger charge is 2.22. The van der Waals surface area contributed by atoms with Crippen LogP contribution < -0.4 is 10.6 Å². The largest absolute Gasteiger partial charge is 0.374 e. The van der Waals surface area contributed by atoms with E-state index in [1.165, 1.54) is 6.42 Å². The molecule has 17 heavy (non-hydrogen) atoms. The van der Waals surface area contributed by atoms with Crippen molar-refractivity contribution in [1.29, 1.82) is 0 Å². The van der Waals surface area contributed by atoms with Gasteiger partial charge in [-0.3, -0.25) is 5.10 Å². The molecule has 2 unspecified atom stereocenters. The lowest BCUT2D eigenvalue weighted by molar-refractivity contribution is 0.112. The third-order valence-electron chi connectivity index (χ3n) is 3.36. The van der Waals surface area contributed by atoms with Crippen LogP contribution in [0.3, 0.4) is 0 Å². The van der Waals surface area contributed by atoms with Crippen LogP contribution in [-0.4, -0.2) is 41.9 Å². The first-order chi connectivity index (χ1) is 8.24. The molecule has 6 nitrogen and oxygen atoms in total. The van der Waals surface area contributed by atoms with Crippen LogP contribution >= 0.6 is 0 Å². The minimum Gasteiger partial charge on any atom is -0.374 e. The normalized spacial score (nSPS) is 22.8. The van der Waals surface area contributed by atoms with Gasteiger partial charge in [0.1, 0.15) is 6.10 Å². The van der Waals surface area contributed by atoms with E-state index in [0.717, 1.165) is 37.8 Å². The number of nitrogens with two attached hydrogens (primary N) is 1. The standard InChI is InChI=1S/C11H21N5O/c1-8(17-2)10-13-11(15-14-10)16-5-3-4-9(6-12)7-16/h8-9H,3-7,12H2,1-2H3,(H,13,14,15). The second kappa shape index (κ2) is 5.46. The molecule has 0 spiro atoms. The van der Waals surface area contributed by atoms with Gasteiger partial charge < -0.3 is 15.4 Å². The molecule has 96 valence electrons. The Balaban J connectivity index is 2.04. The number of hydrogen-bond acceptors (Lipinski definition) is 5. The molecule has 0 amide bonds. The third kappa shape index (κ3) is 2.76. The van der Waals surface area contributed by atoms with Crippen LogP contribution in [0.25, 0.3) is 0 Å². The van der Waals surface area contributed by atoms with Crippen LogP contribution in [-0.2, 0) is 4.74 Å². The molecule has 2 heterocycles. The number of H-pyrrole nitrogens is 1. The van der Waals surface area contributed by atoms with Gasteiger partial charge in [-0.15, -0.1) is 5.10 Å². The molecule has 0 saturated carbocycles. The molecule has 0 aromatic carbocycles. The van der Waals surface area contributed by atoms with E-state index in [4.69, 9.17) is 10.5 Å². The van der Waals surface area contributed by atoms with E-state index >= 15 is 0 Å². The van der Waals surface area contributed by atoms with E-state index in [1.807, 2.05) is 6.92 Å². The van der Waals surface area contributed by atoms with Crippen LogP contribution in [0.5, 0.6) is 0 Å². The van der Waals surface area contributed by atoms with E-state index in [-0.39, 0.29) is 6.10 Å². The maximum Gasteiger partial charge on any atom is 0.244 e. The monoisotopic (exact) mass is 239 g/mol. The Labute approximate surface area is 102 Å². The van der Waals surface area contributed by atoms with Crippen molar-refractivity contribution < 1.29 is 4.74 Å². The first-order valence-electron chi connectivity index (χ1n) is 6.14. The average molecular weight is 239 g/mol. The van der Waals surface area contributed by atoms with Gasteiger partial charge in [-0.25, -0.2) is 0 Å². The Morgan fingerprint density at radius 2 is 2.47 bits per heavy atom. The highest BCUT2D eigenvalue weighted by atomic mass is 16.5. The van der Waals surface area contributed by atoms with E-state index < -0.39 is 0 Å². The highest BCUT2D eigenvalue weighted by molar-refractivity contribution is 5.29. The number of piperidine rings is 1. The van der Waals surface area contributed by atoms with Gasteiger partial charge in [0.25, 0.3) is 0 Å². The molecule has 2 atom stereocenters. The van der Waals surface area contributed by atoms with Crippen molar-refractivity contribution in [1.82, 2.24) is 15.2 Å². The first-order valence-corrected chi connectivity index (χ1v) is 6.14. The van der Waals surface area contributed by atoms with Crippen LogP contribution in [0.1, 0.15) is 31.7 Å². The lowest BCUT2D eigenvalue weighted by Gasteiger charge is -2.31. The predicted octanol–water partition coefficient (Wildman–Crippen LogP) is 0.687. The summed E-state index contributed by atoms with van der Waals surface area (Å²) >= 11 is 0. The molecule has 1 aromatic heterocycles. The lowest BCUT2D eigenvalue weighted by atomic mass is 9.99. The fraction of sp³-hybridized carbons (Fsp3) is 0.818. The van der Waals surface area contributed by atoms with Crippen molar-refractivity contribution >= 4 is 5.95 Å². The molecule has 2 rings (SSSR count). The molecule has 0 aliphatic carbocycles. The maximum atomic E-state index is 5.72. The number of aromatic amines is 1. The number of nitrogens with zero attached hydrogens (tertiary/aromatic N) is 3. The van der Waals surface area contributed by atoms with E-state index in [9.17, 15) is 0 Å². The number of anilines is 1. The zero-order chi connectivity index (χ0) is 12.3. The van der Waals surface area contributed by atoms with Crippen molar-refractivity contribution in [3.05, 3.63) is 5.82 Å². The first kappa shape index (κ1) is 12.3. The SMILES string of the molecule is COC(C)c1nc(N2CCCC(CN)C2)n[nH]1. The molecule has 6 heteroatoms. The van der Waals surface area contributed by atoms with E-state index in [0.29, 0.717) is 5.92 Å². The number of nitrogens with one attached hydrogen (secondary N) is 1. The summed E-state index contributed by atoms with van der Waals surface area (Å²) in [5.74, 6) is 2.10. The van der Waals surface area contributed by atoms with Gasteiger partial charge in [0.05, 0.1) is 0 Å². The molecular formula is C11H21N5O. The van der Waals surface area contributed by atoms with Crippen LogP contribution in [0.2, 0.25) is 0 Å². The fourth-order valence-electron chi connectivity index (χ4n) is 2.14. The predicted molar refractivity (Wildman–Crippen MR) is 65.8 cm³/mol. The Morgan fingerprint density at radius 3 is 3.18 bits per heavy atom. The molecule has 1 saturated heterocycles. The van der Waals surface area contributed by atoms with Gasteiger partial charge in [-0.05, 0) is 32.2 Å². The molecule has 3 N–H and O–H groups in total. The second-order valence-corrected chi connectivity index (χ2v) is 4.59. The molecular weight excluding hydrogens is 218 g/mol. The van der Waals surface area contributed by atoms with Gasteiger partial charge in [-0.2, -0.15) is 4.98 Å². The Bertz CT molecular complexity index is 353. The quantitative estimate of drug-likeness (QED) is 0.808. The molecule has 1 aliphatic rings. The number of aromatic nitrogens is 3. The number of hydrogen-bond donors (Lipinski definition) is 2. The summed E-state index contributed by atoms with van der Waals surface area (Å²) in [5.41, 5.74) is 5.72. The molecule has 1 fully saturated rings. The van der Waals surface area contributed by atoms with Gasteiger partial charge in [0.15, 0.2) is 5.82 Å². The molecule has 0 radical (unpaired) electrons. The summed E-state index contributed by atoms with van der Waals surface area (Å²) in [7, 11) is 1.66. The summed E-state index contributed by atoms with van der Waals surface area (Å²) in [6.07, 6.45) is 2.32. The minimum absolute atomic E-state index is 0.0497. The zero-order valence-electron chi connectivity index (χ0n) is 10.5. The van der Waals surface area contributed by atoms with Crippen molar-refractivity contribution in [2.75, 3.05) is 31.6 Å². The van der Waals surface area contributed by atoms with Crippen molar-refractivity contribution in [2.45, 2.75) is 25.9 Å². The van der Waals surface area contributed by atoms with Crippen molar-refractivity contribution in [2.24, 2.45) is 11.7 Å². The maximum absolute atomic E-state index is 5.72. The van der Waals surface area contributed by atoms with Crippen molar-refractivity contribution in [3.63, 3.8) is 0 Å². The van der Waals surface area contributed by atoms with Gasteiger partial charge in [-0.1, -0.05) is 0 Å². The molecule has 1 aromatic rings. The summed E-state index contributed by atoms with van der Waals surface area (Å²) < 4.78 is 5.21. The fourth-order valence-corrected chi connectivity index (χ4v) is 2.14. The summed E-state index contributed by atoms with van der Waals surface area (Å²) in [6, 6.07) is 0. The second-order valence-electron chi connectivity index (χ2n) is 4.59. The lowest BCUT2D eigenvalue weighted by Crippen LogP contribution is -2.39. The van der Waals surface area contributed by atoms with Gasteiger partial charge in [0, 0.05) is 20.2 Å². The summed E-state index contributed by atoms with van der Waals surface area (Å²) in [5, 5.41) is 7.17. The van der Waals surface area contributed by atoms with Gasteiger partial charge in [0.2, 0.25) is 5.95 Å². The highest BCUT2D eigenvalue weighted by Crippen LogP contribution is 2.21. The summed E-state index contributed by atoms with van der Waals surface area (Å²) in [6.45, 7) is 4.65. The topological polar surface area (TPSA) is 80.1 Å². The number of rotatable bonds is 4. The number of ether oxygens (including phenoxy) is 1. The average Bonchev–Trinajstić information content (AvgIpc) is 2.87.